The fourth-order valence-electron chi connectivity index (χ4n) is 1.77. The number of hydrogen-bond acceptors (Lipinski definition) is 5. The minimum Gasteiger partial charge on any atom is -0.439 e. The molecule has 0 amide bonds. The number of hydrogen-bond donors (Lipinski definition) is 0. The van der Waals surface area contributed by atoms with Gasteiger partial charge in [-0.3, -0.25) is 0 Å². The average molecular weight is 307 g/mol. The standard InChI is InChI=1S/C15H19N2OS2/c1-17(2)12-6-11-16-20(18)15-10-9-14(19-15)13-7-4-3-5-8-13/h3-5,7-10H,6,11-12H2,1-2H3/q-1. The van der Waals surface area contributed by atoms with Gasteiger partial charge < -0.3 is 13.5 Å². The molecule has 20 heavy (non-hydrogen) atoms. The lowest BCUT2D eigenvalue weighted by Crippen LogP contribution is -2.13. The summed E-state index contributed by atoms with van der Waals surface area (Å²) in [5.41, 5.74) is 1.16. The molecule has 0 saturated heterocycles. The molecule has 0 saturated carbocycles. The summed E-state index contributed by atoms with van der Waals surface area (Å²) in [5, 5.41) is 0. The second-order valence-corrected chi connectivity index (χ2v) is 7.28. The third-order valence-electron chi connectivity index (χ3n) is 2.78. The fraction of sp³-hybridized carbons (Fsp3) is 0.333. The van der Waals surface area contributed by atoms with E-state index in [0.29, 0.717) is 6.54 Å². The predicted octanol–water partition coefficient (Wildman–Crippen LogP) is 3.87. The normalized spacial score (nSPS) is 12.9. The van der Waals surface area contributed by atoms with Gasteiger partial charge in [-0.15, -0.1) is 0 Å². The zero-order valence-corrected chi connectivity index (χ0v) is 13.4. The first kappa shape index (κ1) is 15.2. The molecule has 0 spiro atoms. The molecule has 108 valence electrons. The minimum atomic E-state index is -1.23. The van der Waals surface area contributed by atoms with Crippen LogP contribution in [0.15, 0.2) is 51.0 Å². The predicted molar refractivity (Wildman–Crippen MR) is 86.5 cm³/mol. The van der Waals surface area contributed by atoms with Crippen LogP contribution in [0, 0.1) is 0 Å². The van der Waals surface area contributed by atoms with Gasteiger partial charge in [-0.1, -0.05) is 36.4 Å². The molecule has 0 bridgehead atoms. The molecule has 0 radical (unpaired) electrons. The van der Waals surface area contributed by atoms with Crippen LogP contribution in [-0.4, -0.2) is 32.1 Å². The summed E-state index contributed by atoms with van der Waals surface area (Å²) in [6.07, 6.45) is 0.940. The first-order valence-corrected chi connectivity index (χ1v) is 8.48. The molecule has 2 rings (SSSR count). The summed E-state index contributed by atoms with van der Waals surface area (Å²) in [7, 11) is 2.83. The van der Waals surface area contributed by atoms with Gasteiger partial charge in [-0.2, -0.15) is 21.9 Å². The van der Waals surface area contributed by atoms with E-state index in [-0.39, 0.29) is 0 Å². The maximum atomic E-state index is 12.1. The first-order chi connectivity index (χ1) is 9.66. The molecule has 1 aromatic heterocycles. The van der Waals surface area contributed by atoms with Crippen molar-refractivity contribution in [3.63, 3.8) is 0 Å². The van der Waals surface area contributed by atoms with Crippen molar-refractivity contribution in [1.29, 1.82) is 0 Å². The molecule has 1 heterocycles. The van der Waals surface area contributed by atoms with E-state index in [1.807, 2.05) is 44.4 Å². The van der Waals surface area contributed by atoms with Crippen LogP contribution >= 0.6 is 11.3 Å². The van der Waals surface area contributed by atoms with E-state index in [1.165, 1.54) is 0 Å². The van der Waals surface area contributed by atoms with Gasteiger partial charge in [-0.25, -0.2) is 0 Å². The van der Waals surface area contributed by atoms with E-state index in [1.54, 1.807) is 11.3 Å². The van der Waals surface area contributed by atoms with Gasteiger partial charge in [0, 0.05) is 11.4 Å². The number of rotatable bonds is 6. The van der Waals surface area contributed by atoms with E-state index in [2.05, 4.69) is 21.4 Å². The Morgan fingerprint density at radius 2 is 1.90 bits per heavy atom. The second-order valence-electron chi connectivity index (χ2n) is 4.74. The zero-order valence-electron chi connectivity index (χ0n) is 11.8. The molecule has 1 aromatic carbocycles. The Morgan fingerprint density at radius 1 is 1.15 bits per heavy atom. The van der Waals surface area contributed by atoms with Gasteiger partial charge in [0.1, 0.15) is 0 Å². The molecule has 3 nitrogen and oxygen atoms in total. The van der Waals surface area contributed by atoms with Gasteiger partial charge in [0.05, 0.1) is 0 Å². The van der Waals surface area contributed by atoms with Crippen molar-refractivity contribution in [1.82, 2.24) is 4.90 Å². The van der Waals surface area contributed by atoms with Crippen molar-refractivity contribution in [3.05, 3.63) is 42.5 Å². The Balaban J connectivity index is 2.02. The molecule has 2 aromatic rings. The van der Waals surface area contributed by atoms with Crippen molar-refractivity contribution in [2.45, 2.75) is 10.6 Å². The van der Waals surface area contributed by atoms with Crippen LogP contribution < -0.4 is 0 Å². The van der Waals surface area contributed by atoms with Crippen molar-refractivity contribution in [2.24, 2.45) is 4.36 Å². The molecular weight excluding hydrogens is 288 g/mol. The molecular formula is C15H19N2OS2-. The summed E-state index contributed by atoms with van der Waals surface area (Å²) < 4.78 is 17.1. The van der Waals surface area contributed by atoms with Crippen LogP contribution in [0.1, 0.15) is 6.42 Å². The van der Waals surface area contributed by atoms with Crippen molar-refractivity contribution < 1.29 is 4.21 Å². The molecule has 0 aliphatic carbocycles. The van der Waals surface area contributed by atoms with Crippen molar-refractivity contribution in [2.75, 3.05) is 27.2 Å². The largest absolute Gasteiger partial charge is 0.439 e. The number of nitrogens with zero attached hydrogens (tertiary/aromatic N) is 2. The average Bonchev–Trinajstić information content (AvgIpc) is 2.94. The van der Waals surface area contributed by atoms with Crippen molar-refractivity contribution in [3.8, 4) is 10.4 Å². The van der Waals surface area contributed by atoms with Gasteiger partial charge in [0.2, 0.25) is 0 Å². The Hall–Kier alpha value is -1.17. The van der Waals surface area contributed by atoms with Crippen LogP contribution in [-0.2, 0) is 14.8 Å². The molecule has 0 unspecified atom stereocenters. The highest BCUT2D eigenvalue weighted by Gasteiger charge is 1.98. The van der Waals surface area contributed by atoms with Gasteiger partial charge in [-0.05, 0) is 42.9 Å². The summed E-state index contributed by atoms with van der Waals surface area (Å²) in [6.45, 7) is 1.61. The lowest BCUT2D eigenvalue weighted by molar-refractivity contribution is 0.403. The van der Waals surface area contributed by atoms with Crippen LogP contribution in [0.3, 0.4) is 0 Å². The van der Waals surface area contributed by atoms with E-state index in [0.717, 1.165) is 27.6 Å². The summed E-state index contributed by atoms with van der Waals surface area (Å²) >= 11 is 1.55. The Bertz CT molecular complexity index is 614. The lowest BCUT2D eigenvalue weighted by Gasteiger charge is -2.08. The summed E-state index contributed by atoms with van der Waals surface area (Å²) in [4.78, 5) is 3.24. The Labute approximate surface area is 126 Å². The quantitative estimate of drug-likeness (QED) is 0.599. The van der Waals surface area contributed by atoms with E-state index >= 15 is 0 Å². The van der Waals surface area contributed by atoms with Gasteiger partial charge >= 0.3 is 0 Å². The van der Waals surface area contributed by atoms with Gasteiger partial charge in [0.25, 0.3) is 0 Å². The molecule has 0 aliphatic heterocycles. The molecule has 0 N–H and O–H groups in total. The summed E-state index contributed by atoms with van der Waals surface area (Å²) in [6, 6.07) is 14.1. The highest BCUT2D eigenvalue weighted by Crippen LogP contribution is 2.28. The third kappa shape index (κ3) is 4.44. The second kappa shape index (κ2) is 7.57. The SMILES string of the molecule is CN(C)CCCN=[S-](=O)c1ccc(-c2ccccc2)s1. The molecule has 0 fully saturated rings. The van der Waals surface area contributed by atoms with Crippen LogP contribution in [0.4, 0.5) is 0 Å². The van der Waals surface area contributed by atoms with Gasteiger partial charge in [0.15, 0.2) is 0 Å². The molecule has 0 aliphatic rings. The Morgan fingerprint density at radius 3 is 2.60 bits per heavy atom. The van der Waals surface area contributed by atoms with Crippen LogP contribution in [0.25, 0.3) is 10.4 Å². The third-order valence-corrected chi connectivity index (χ3v) is 5.29. The first-order valence-electron chi connectivity index (χ1n) is 6.56. The monoisotopic (exact) mass is 307 g/mol. The summed E-state index contributed by atoms with van der Waals surface area (Å²) in [5.74, 6) is 0. The zero-order chi connectivity index (χ0) is 14.4. The maximum Gasteiger partial charge on any atom is 0.0326 e. The van der Waals surface area contributed by atoms with E-state index < -0.39 is 10.6 Å². The highest BCUT2D eigenvalue weighted by molar-refractivity contribution is 7.77. The fourth-order valence-corrected chi connectivity index (χ4v) is 3.83. The van der Waals surface area contributed by atoms with Crippen LogP contribution in [0.5, 0.6) is 0 Å². The number of thiophene rings is 1. The minimum absolute atomic E-state index is 0.642. The topological polar surface area (TPSA) is 32.7 Å². The smallest absolute Gasteiger partial charge is 0.0326 e. The molecule has 0 atom stereocenters. The van der Waals surface area contributed by atoms with Crippen LogP contribution in [0.2, 0.25) is 0 Å². The maximum absolute atomic E-state index is 12.1. The number of benzene rings is 1. The highest BCUT2D eigenvalue weighted by atomic mass is 32.2. The Kier molecular flexibility index (Phi) is 5.76. The lowest BCUT2D eigenvalue weighted by atomic mass is 10.2. The van der Waals surface area contributed by atoms with Crippen molar-refractivity contribution >= 4 is 21.9 Å². The molecule has 5 heteroatoms. The van der Waals surface area contributed by atoms with E-state index in [9.17, 15) is 4.21 Å². The van der Waals surface area contributed by atoms with E-state index in [4.69, 9.17) is 0 Å².